The Labute approximate surface area is 191 Å². The van der Waals surface area contributed by atoms with E-state index in [-0.39, 0.29) is 0 Å². The fourth-order valence-electron chi connectivity index (χ4n) is 4.26. The lowest BCUT2D eigenvalue weighted by molar-refractivity contribution is -0.141. The highest BCUT2D eigenvalue weighted by molar-refractivity contribution is 5.91. The van der Waals surface area contributed by atoms with E-state index in [1.54, 1.807) is 0 Å². The van der Waals surface area contributed by atoms with E-state index in [1.807, 2.05) is 0 Å². The van der Waals surface area contributed by atoms with Crippen LogP contribution in [0.5, 0.6) is 0 Å². The molecule has 4 nitrogen and oxygen atoms in total. The van der Waals surface area contributed by atoms with Crippen LogP contribution in [0.3, 0.4) is 0 Å². The molecule has 0 spiro atoms. The molecule has 0 saturated heterocycles. The first kappa shape index (κ1) is 27.7. The molecule has 1 fully saturated rings. The second-order valence-corrected chi connectivity index (χ2v) is 9.23. The van der Waals surface area contributed by atoms with Crippen molar-refractivity contribution in [3.8, 4) is 0 Å². The van der Waals surface area contributed by atoms with Crippen LogP contribution >= 0.6 is 0 Å². The van der Waals surface area contributed by atoms with Crippen molar-refractivity contribution >= 4 is 11.9 Å². The van der Waals surface area contributed by atoms with Gasteiger partial charge in [0.1, 0.15) is 0 Å². The lowest BCUT2D eigenvalue weighted by Crippen LogP contribution is -2.10. The minimum absolute atomic E-state index is 0.429. The summed E-state index contributed by atoms with van der Waals surface area (Å²) in [5.74, 6) is -0.409. The maximum absolute atomic E-state index is 11.6. The zero-order valence-electron chi connectivity index (χ0n) is 20.2. The molecule has 0 bridgehead atoms. The first-order valence-corrected chi connectivity index (χ1v) is 13.2. The van der Waals surface area contributed by atoms with Gasteiger partial charge in [0.15, 0.2) is 0 Å². The van der Waals surface area contributed by atoms with Crippen LogP contribution in [0.15, 0.2) is 12.2 Å². The van der Waals surface area contributed by atoms with Gasteiger partial charge in [0.25, 0.3) is 0 Å². The molecular formula is C27H48O4. The van der Waals surface area contributed by atoms with E-state index in [0.29, 0.717) is 19.1 Å². The van der Waals surface area contributed by atoms with Gasteiger partial charge in [-0.2, -0.15) is 0 Å². The maximum Gasteiger partial charge on any atom is 0.331 e. The quantitative estimate of drug-likeness (QED) is 0.111. The predicted octanol–water partition coefficient (Wildman–Crippen LogP) is 7.69. The van der Waals surface area contributed by atoms with Crippen molar-refractivity contribution in [1.82, 2.24) is 0 Å². The van der Waals surface area contributed by atoms with Crippen molar-refractivity contribution in [1.29, 1.82) is 0 Å². The molecule has 0 aromatic heterocycles. The molecule has 0 amide bonds. The normalized spacial score (nSPS) is 14.4. The predicted molar refractivity (Wildman–Crippen MR) is 128 cm³/mol. The molecule has 0 aliphatic heterocycles. The molecule has 1 saturated carbocycles. The zero-order valence-corrected chi connectivity index (χ0v) is 20.2. The molecule has 0 aromatic carbocycles. The number of hydrogen-bond acceptors (Lipinski definition) is 4. The smallest absolute Gasteiger partial charge is 0.331 e. The van der Waals surface area contributed by atoms with Crippen LogP contribution in [-0.2, 0) is 19.1 Å². The van der Waals surface area contributed by atoms with Crippen molar-refractivity contribution in [3.63, 3.8) is 0 Å². The minimum atomic E-state index is -0.455. The molecule has 0 radical (unpaired) electrons. The Morgan fingerprint density at radius 2 is 1.06 bits per heavy atom. The van der Waals surface area contributed by atoms with Crippen LogP contribution in [-0.4, -0.2) is 25.2 Å². The van der Waals surface area contributed by atoms with Gasteiger partial charge in [-0.3, -0.25) is 0 Å². The largest absolute Gasteiger partial charge is 0.463 e. The molecule has 1 aliphatic rings. The Morgan fingerprint density at radius 1 is 0.645 bits per heavy atom. The van der Waals surface area contributed by atoms with E-state index in [0.717, 1.165) is 25.7 Å². The summed E-state index contributed by atoms with van der Waals surface area (Å²) in [7, 11) is 0. The van der Waals surface area contributed by atoms with Gasteiger partial charge < -0.3 is 9.47 Å². The third-order valence-corrected chi connectivity index (χ3v) is 6.28. The van der Waals surface area contributed by atoms with E-state index >= 15 is 0 Å². The Kier molecular flexibility index (Phi) is 18.4. The number of hydrogen-bond donors (Lipinski definition) is 0. The fraction of sp³-hybridized carbons (Fsp3) is 0.852. The van der Waals surface area contributed by atoms with E-state index in [4.69, 9.17) is 9.47 Å². The van der Waals surface area contributed by atoms with Crippen LogP contribution in [0.1, 0.15) is 129 Å². The summed E-state index contributed by atoms with van der Waals surface area (Å²) in [6.45, 7) is 3.17. The molecule has 0 heterocycles. The summed E-state index contributed by atoms with van der Waals surface area (Å²) in [4.78, 5) is 23.2. The highest BCUT2D eigenvalue weighted by Gasteiger charge is 2.16. The number of ether oxygens (including phenoxy) is 2. The topological polar surface area (TPSA) is 52.6 Å². The molecule has 31 heavy (non-hydrogen) atoms. The second-order valence-electron chi connectivity index (χ2n) is 9.23. The van der Waals surface area contributed by atoms with Crippen molar-refractivity contribution in [3.05, 3.63) is 12.2 Å². The highest BCUT2D eigenvalue weighted by atomic mass is 16.5. The fourth-order valence-corrected chi connectivity index (χ4v) is 4.26. The monoisotopic (exact) mass is 436 g/mol. The number of carbonyl (C=O) groups is 2. The molecule has 4 heteroatoms. The van der Waals surface area contributed by atoms with Crippen molar-refractivity contribution in [2.45, 2.75) is 129 Å². The van der Waals surface area contributed by atoms with Crippen molar-refractivity contribution in [2.75, 3.05) is 13.2 Å². The van der Waals surface area contributed by atoms with E-state index in [9.17, 15) is 9.59 Å². The Balaban J connectivity index is 1.80. The highest BCUT2D eigenvalue weighted by Crippen LogP contribution is 2.24. The van der Waals surface area contributed by atoms with Crippen LogP contribution < -0.4 is 0 Å². The van der Waals surface area contributed by atoms with Gasteiger partial charge in [-0.05, 0) is 25.2 Å². The lowest BCUT2D eigenvalue weighted by Gasteiger charge is -2.07. The Morgan fingerprint density at radius 3 is 1.55 bits per heavy atom. The molecule has 0 unspecified atom stereocenters. The van der Waals surface area contributed by atoms with E-state index in [1.165, 1.54) is 108 Å². The van der Waals surface area contributed by atoms with Crippen LogP contribution in [0.4, 0.5) is 0 Å². The molecule has 0 aromatic rings. The van der Waals surface area contributed by atoms with Gasteiger partial charge in [0, 0.05) is 12.2 Å². The SMILES string of the molecule is CCCCCCCCCCCCCCCCCOC(=O)/C=C/C(=O)OCC1CCCC1. The summed E-state index contributed by atoms with van der Waals surface area (Å²) >= 11 is 0. The average molecular weight is 437 g/mol. The molecule has 180 valence electrons. The van der Waals surface area contributed by atoms with Gasteiger partial charge in [0.05, 0.1) is 13.2 Å². The van der Waals surface area contributed by atoms with Gasteiger partial charge >= 0.3 is 11.9 Å². The molecule has 0 atom stereocenters. The standard InChI is InChI=1S/C27H48O4/c1-2-3-4-5-6-7-8-9-10-11-12-13-14-15-18-23-30-26(28)21-22-27(29)31-24-25-19-16-17-20-25/h21-22,25H,2-20,23-24H2,1H3/b22-21+. The molecule has 1 rings (SSSR count). The maximum atomic E-state index is 11.6. The molecule has 0 N–H and O–H groups in total. The van der Waals surface area contributed by atoms with Gasteiger partial charge in [0.2, 0.25) is 0 Å². The van der Waals surface area contributed by atoms with Crippen molar-refractivity contribution < 1.29 is 19.1 Å². The zero-order chi connectivity index (χ0) is 22.4. The number of rotatable bonds is 20. The molecule has 1 aliphatic carbocycles. The second kappa shape index (κ2) is 20.6. The summed E-state index contributed by atoms with van der Waals surface area (Å²) in [5.41, 5.74) is 0. The van der Waals surface area contributed by atoms with Crippen LogP contribution in [0.2, 0.25) is 0 Å². The number of unbranched alkanes of at least 4 members (excludes halogenated alkanes) is 14. The van der Waals surface area contributed by atoms with Crippen molar-refractivity contribution in [2.24, 2.45) is 5.92 Å². The number of carbonyl (C=O) groups excluding carboxylic acids is 2. The molecular weight excluding hydrogens is 388 g/mol. The Hall–Kier alpha value is -1.32. The summed E-state index contributed by atoms with van der Waals surface area (Å²) in [6, 6.07) is 0. The van der Waals surface area contributed by atoms with Gasteiger partial charge in [-0.15, -0.1) is 0 Å². The van der Waals surface area contributed by atoms with E-state index in [2.05, 4.69) is 6.92 Å². The lowest BCUT2D eigenvalue weighted by atomic mass is 10.0. The van der Waals surface area contributed by atoms with E-state index < -0.39 is 11.9 Å². The summed E-state index contributed by atoms with van der Waals surface area (Å²) in [6.07, 6.45) is 26.8. The first-order chi connectivity index (χ1) is 15.2. The summed E-state index contributed by atoms with van der Waals surface area (Å²) in [5, 5.41) is 0. The summed E-state index contributed by atoms with van der Waals surface area (Å²) < 4.78 is 10.3. The number of esters is 2. The van der Waals surface area contributed by atoms with Crippen LogP contribution in [0.25, 0.3) is 0 Å². The van der Waals surface area contributed by atoms with Crippen LogP contribution in [0, 0.1) is 5.92 Å². The minimum Gasteiger partial charge on any atom is -0.463 e. The van der Waals surface area contributed by atoms with Gasteiger partial charge in [-0.1, -0.05) is 110 Å². The Bertz CT molecular complexity index is 466. The third kappa shape index (κ3) is 18.0. The van der Waals surface area contributed by atoms with Gasteiger partial charge in [-0.25, -0.2) is 9.59 Å². The average Bonchev–Trinajstić information content (AvgIpc) is 3.29. The first-order valence-electron chi connectivity index (χ1n) is 13.2. The third-order valence-electron chi connectivity index (χ3n) is 6.28.